The third kappa shape index (κ3) is 6.45. The van der Waals surface area contributed by atoms with Gasteiger partial charge in [0, 0.05) is 0 Å². The third-order valence-corrected chi connectivity index (χ3v) is 5.78. The Bertz CT molecular complexity index is 969. The van der Waals surface area contributed by atoms with Crippen LogP contribution in [0, 0.1) is 5.82 Å². The molecule has 0 aliphatic carbocycles. The number of nitrogens with one attached hydrogen (secondary N) is 1. The van der Waals surface area contributed by atoms with Gasteiger partial charge in [-0.25, -0.2) is 12.8 Å². The molecule has 1 unspecified atom stereocenters. The van der Waals surface area contributed by atoms with Crippen molar-refractivity contribution in [3.8, 4) is 5.75 Å². The normalized spacial score (nSPS) is 12.9. The molecule has 1 amide bonds. The highest BCUT2D eigenvalue weighted by Crippen LogP contribution is 2.24. The molecule has 0 bridgehead atoms. The van der Waals surface area contributed by atoms with Crippen LogP contribution in [0.15, 0.2) is 48.5 Å². The van der Waals surface area contributed by atoms with Crippen LogP contribution < -0.4 is 14.4 Å². The Morgan fingerprint density at radius 3 is 2.33 bits per heavy atom. The summed E-state index contributed by atoms with van der Waals surface area (Å²) in [4.78, 5) is 12.5. The predicted octanol–water partition coefficient (Wildman–Crippen LogP) is 3.47. The van der Waals surface area contributed by atoms with Crippen LogP contribution in [0.3, 0.4) is 0 Å². The minimum atomic E-state index is -3.79. The highest BCUT2D eigenvalue weighted by molar-refractivity contribution is 7.92. The number of ether oxygens (including phenoxy) is 1. The Morgan fingerprint density at radius 2 is 1.80 bits per heavy atom. The number of rotatable bonds is 8. The molecular formula is C22H29FN2O4S. The lowest BCUT2D eigenvalue weighted by Gasteiger charge is -2.28. The maximum absolute atomic E-state index is 13.5. The van der Waals surface area contributed by atoms with Crippen LogP contribution in [0.2, 0.25) is 0 Å². The summed E-state index contributed by atoms with van der Waals surface area (Å²) in [5.41, 5.74) is 1.33. The number of hydrogen-bond acceptors (Lipinski definition) is 4. The molecule has 0 aliphatic heterocycles. The van der Waals surface area contributed by atoms with E-state index in [0.29, 0.717) is 5.75 Å². The Balaban J connectivity index is 1.94. The highest BCUT2D eigenvalue weighted by Gasteiger charge is 2.29. The van der Waals surface area contributed by atoms with Crippen LogP contribution in [-0.4, -0.2) is 39.8 Å². The number of carbonyl (C=O) groups is 1. The lowest BCUT2D eigenvalue weighted by molar-refractivity contribution is -0.121. The van der Waals surface area contributed by atoms with E-state index in [9.17, 15) is 17.6 Å². The standard InChI is InChI=1S/C22H29FN2O4S/c1-16(25(30(5,27)28)19-8-6-7-18(23)15-19)21(26)24-13-14-29-20-11-9-17(10-12-20)22(2,3)4/h6-12,15-16H,13-14H2,1-5H3,(H,24,26). The first kappa shape index (κ1) is 23.7. The van der Waals surface area contributed by atoms with Crippen LogP contribution in [0.4, 0.5) is 10.1 Å². The molecule has 8 heteroatoms. The quantitative estimate of drug-likeness (QED) is 0.643. The van der Waals surface area contributed by atoms with Crippen molar-refractivity contribution < 1.29 is 22.3 Å². The number of sulfonamides is 1. The molecule has 0 aromatic heterocycles. The van der Waals surface area contributed by atoms with Gasteiger partial charge < -0.3 is 10.1 Å². The minimum absolute atomic E-state index is 0.0514. The molecule has 6 nitrogen and oxygen atoms in total. The Hall–Kier alpha value is -2.61. The zero-order valence-corrected chi connectivity index (χ0v) is 18.8. The molecule has 0 spiro atoms. The Morgan fingerprint density at radius 1 is 1.17 bits per heavy atom. The highest BCUT2D eigenvalue weighted by atomic mass is 32.2. The van der Waals surface area contributed by atoms with Gasteiger partial charge in [-0.1, -0.05) is 39.0 Å². The van der Waals surface area contributed by atoms with Gasteiger partial charge in [0.05, 0.1) is 18.5 Å². The van der Waals surface area contributed by atoms with Gasteiger partial charge in [0.15, 0.2) is 0 Å². The van der Waals surface area contributed by atoms with Crippen molar-refractivity contribution >= 4 is 21.6 Å². The first-order chi connectivity index (χ1) is 13.9. The van der Waals surface area contributed by atoms with Gasteiger partial charge in [-0.15, -0.1) is 0 Å². The minimum Gasteiger partial charge on any atom is -0.492 e. The smallest absolute Gasteiger partial charge is 0.243 e. The van der Waals surface area contributed by atoms with Gasteiger partial charge in [0.25, 0.3) is 0 Å². The third-order valence-electron chi connectivity index (χ3n) is 4.54. The Labute approximate surface area is 178 Å². The van der Waals surface area contributed by atoms with Crippen LogP contribution in [-0.2, 0) is 20.2 Å². The zero-order chi connectivity index (χ0) is 22.5. The van der Waals surface area contributed by atoms with E-state index in [-0.39, 0.29) is 24.3 Å². The molecule has 1 atom stereocenters. The summed E-state index contributed by atoms with van der Waals surface area (Å²) in [6, 6.07) is 11.8. The largest absolute Gasteiger partial charge is 0.492 e. The lowest BCUT2D eigenvalue weighted by atomic mass is 9.87. The first-order valence-electron chi connectivity index (χ1n) is 9.65. The van der Waals surface area contributed by atoms with Crippen LogP contribution in [0.5, 0.6) is 5.75 Å². The van der Waals surface area contributed by atoms with E-state index in [0.717, 1.165) is 16.6 Å². The lowest BCUT2D eigenvalue weighted by Crippen LogP contribution is -2.48. The van der Waals surface area contributed by atoms with E-state index in [1.807, 2.05) is 24.3 Å². The van der Waals surface area contributed by atoms with Gasteiger partial charge in [0.1, 0.15) is 24.2 Å². The van der Waals surface area contributed by atoms with Crippen LogP contribution >= 0.6 is 0 Å². The second kappa shape index (κ2) is 9.47. The summed E-state index contributed by atoms with van der Waals surface area (Å²) in [6.07, 6.45) is 0.978. The predicted molar refractivity (Wildman–Crippen MR) is 117 cm³/mol. The zero-order valence-electron chi connectivity index (χ0n) is 18.0. The molecule has 0 radical (unpaired) electrons. The Kier molecular flexibility index (Phi) is 7.47. The summed E-state index contributed by atoms with van der Waals surface area (Å²) in [7, 11) is -3.79. The fraction of sp³-hybridized carbons (Fsp3) is 0.409. The van der Waals surface area contributed by atoms with Gasteiger partial charge in [-0.05, 0) is 48.2 Å². The summed E-state index contributed by atoms with van der Waals surface area (Å²) in [6.45, 7) is 8.26. The average molecular weight is 437 g/mol. The molecule has 30 heavy (non-hydrogen) atoms. The monoisotopic (exact) mass is 436 g/mol. The second-order valence-electron chi connectivity index (χ2n) is 8.13. The molecule has 2 aromatic rings. The molecule has 164 valence electrons. The topological polar surface area (TPSA) is 75.7 Å². The van der Waals surface area contributed by atoms with E-state index < -0.39 is 27.8 Å². The van der Waals surface area contributed by atoms with Crippen molar-refractivity contribution in [2.45, 2.75) is 39.2 Å². The average Bonchev–Trinajstić information content (AvgIpc) is 2.63. The van der Waals surface area contributed by atoms with E-state index in [1.54, 1.807) is 0 Å². The molecular weight excluding hydrogens is 407 g/mol. The summed E-state index contributed by atoms with van der Waals surface area (Å²) < 4.78 is 44.5. The summed E-state index contributed by atoms with van der Waals surface area (Å²) in [5.74, 6) is -0.404. The second-order valence-corrected chi connectivity index (χ2v) is 9.99. The van der Waals surface area contributed by atoms with Crippen molar-refractivity contribution in [3.05, 3.63) is 59.9 Å². The van der Waals surface area contributed by atoms with Crippen molar-refractivity contribution in [2.75, 3.05) is 23.7 Å². The molecule has 2 rings (SSSR count). The fourth-order valence-corrected chi connectivity index (χ4v) is 4.13. The van der Waals surface area contributed by atoms with Gasteiger partial charge >= 0.3 is 0 Å². The number of carbonyl (C=O) groups excluding carboxylic acids is 1. The molecule has 2 aromatic carbocycles. The van der Waals surface area contributed by atoms with Gasteiger partial charge in [-0.2, -0.15) is 0 Å². The molecule has 0 fully saturated rings. The summed E-state index contributed by atoms with van der Waals surface area (Å²) >= 11 is 0. The maximum atomic E-state index is 13.5. The number of amides is 1. The number of hydrogen-bond donors (Lipinski definition) is 1. The van der Waals surface area contributed by atoms with E-state index >= 15 is 0 Å². The number of anilines is 1. The van der Waals surface area contributed by atoms with Crippen molar-refractivity contribution in [3.63, 3.8) is 0 Å². The molecule has 1 N–H and O–H groups in total. The molecule has 0 saturated carbocycles. The SMILES string of the molecule is CC(C(=O)NCCOc1ccc(C(C)(C)C)cc1)N(c1cccc(F)c1)S(C)(=O)=O. The van der Waals surface area contributed by atoms with Crippen LogP contribution in [0.1, 0.15) is 33.3 Å². The van der Waals surface area contributed by atoms with Crippen LogP contribution in [0.25, 0.3) is 0 Å². The van der Waals surface area contributed by atoms with Crippen molar-refractivity contribution in [2.24, 2.45) is 0 Å². The molecule has 0 saturated heterocycles. The van der Waals surface area contributed by atoms with E-state index in [2.05, 4.69) is 26.1 Å². The molecule has 0 aliphatic rings. The fourth-order valence-electron chi connectivity index (χ4n) is 2.96. The number of benzene rings is 2. The number of halogens is 1. The van der Waals surface area contributed by atoms with Gasteiger partial charge in [-0.3, -0.25) is 9.10 Å². The van der Waals surface area contributed by atoms with E-state index in [4.69, 9.17) is 4.74 Å². The van der Waals surface area contributed by atoms with E-state index in [1.165, 1.54) is 30.7 Å². The summed E-state index contributed by atoms with van der Waals surface area (Å²) in [5, 5.41) is 2.66. The maximum Gasteiger partial charge on any atom is 0.243 e. The van der Waals surface area contributed by atoms with Crippen molar-refractivity contribution in [1.29, 1.82) is 0 Å². The molecule has 0 heterocycles. The van der Waals surface area contributed by atoms with Crippen molar-refractivity contribution in [1.82, 2.24) is 5.32 Å². The van der Waals surface area contributed by atoms with Gasteiger partial charge in [0.2, 0.25) is 15.9 Å². The number of nitrogens with zero attached hydrogens (tertiary/aromatic N) is 1. The first-order valence-corrected chi connectivity index (χ1v) is 11.5.